The first kappa shape index (κ1) is 19.9. The zero-order valence-corrected chi connectivity index (χ0v) is 16.2. The van der Waals surface area contributed by atoms with Gasteiger partial charge in [-0.3, -0.25) is 4.18 Å². The SMILES string of the molecule is Cc1ccc(S(=O)(=O)OC[C@@H]2CCC[N+](C(=O)O)(C(C)(C)C)C2)cc1. The number of rotatable bonds is 4. The quantitative estimate of drug-likeness (QED) is 0.649. The summed E-state index contributed by atoms with van der Waals surface area (Å²) in [4.78, 5) is 12.1. The van der Waals surface area contributed by atoms with Gasteiger partial charge in [0.15, 0.2) is 0 Å². The van der Waals surface area contributed by atoms with Crippen molar-refractivity contribution in [2.24, 2.45) is 5.92 Å². The number of amides is 1. The summed E-state index contributed by atoms with van der Waals surface area (Å²) in [5.41, 5.74) is 0.514. The van der Waals surface area contributed by atoms with Crippen molar-refractivity contribution in [3.63, 3.8) is 0 Å². The Morgan fingerprint density at radius 1 is 1.28 bits per heavy atom. The summed E-state index contributed by atoms with van der Waals surface area (Å²) in [6, 6.07) is 6.50. The Labute approximate surface area is 150 Å². The molecule has 1 aliphatic heterocycles. The zero-order valence-electron chi connectivity index (χ0n) is 15.4. The predicted molar refractivity (Wildman–Crippen MR) is 94.8 cm³/mol. The molecule has 1 aromatic rings. The Balaban J connectivity index is 2.10. The first-order valence-corrected chi connectivity index (χ1v) is 9.95. The minimum absolute atomic E-state index is 0.0135. The van der Waals surface area contributed by atoms with Gasteiger partial charge in [-0.05, 0) is 52.7 Å². The van der Waals surface area contributed by atoms with Crippen molar-refractivity contribution >= 4 is 16.2 Å². The van der Waals surface area contributed by atoms with Gasteiger partial charge in [0, 0.05) is 5.92 Å². The van der Waals surface area contributed by atoms with Crippen LogP contribution in [0.4, 0.5) is 4.79 Å². The van der Waals surface area contributed by atoms with E-state index in [2.05, 4.69) is 0 Å². The van der Waals surface area contributed by atoms with Gasteiger partial charge >= 0.3 is 6.09 Å². The maximum atomic E-state index is 12.3. The van der Waals surface area contributed by atoms with E-state index in [1.807, 2.05) is 27.7 Å². The number of benzene rings is 1. The first-order valence-electron chi connectivity index (χ1n) is 8.55. The molecule has 0 aromatic heterocycles. The van der Waals surface area contributed by atoms with Gasteiger partial charge < -0.3 is 5.11 Å². The van der Waals surface area contributed by atoms with Crippen LogP contribution >= 0.6 is 0 Å². The summed E-state index contributed by atoms with van der Waals surface area (Å²) in [6.07, 6.45) is 0.646. The topological polar surface area (TPSA) is 80.7 Å². The van der Waals surface area contributed by atoms with Crippen LogP contribution in [-0.2, 0) is 14.3 Å². The second-order valence-electron chi connectivity index (χ2n) is 7.89. The highest BCUT2D eigenvalue weighted by molar-refractivity contribution is 7.86. The van der Waals surface area contributed by atoms with E-state index >= 15 is 0 Å². The lowest BCUT2D eigenvalue weighted by Gasteiger charge is -2.47. The standard InChI is InChI=1S/C18H27NO5S/c1-14-7-9-16(10-8-14)25(22,23)24-13-15-6-5-11-19(12-15,17(20)21)18(2,3)4/h7-10,15H,5-6,11-13H2,1-4H3/p+1/t15-,19?/m1/s1. The van der Waals surface area contributed by atoms with Crippen molar-refractivity contribution in [3.8, 4) is 0 Å². The van der Waals surface area contributed by atoms with Crippen LogP contribution in [0.3, 0.4) is 0 Å². The summed E-state index contributed by atoms with van der Waals surface area (Å²) < 4.78 is 29.9. The highest BCUT2D eigenvalue weighted by Crippen LogP contribution is 2.33. The van der Waals surface area contributed by atoms with Gasteiger partial charge in [0.05, 0.1) is 24.6 Å². The minimum atomic E-state index is -3.82. The van der Waals surface area contributed by atoms with E-state index in [1.165, 1.54) is 12.1 Å². The van der Waals surface area contributed by atoms with Crippen LogP contribution in [0, 0.1) is 12.8 Å². The van der Waals surface area contributed by atoms with Crippen LogP contribution < -0.4 is 0 Å². The molecule has 1 fully saturated rings. The lowest BCUT2D eigenvalue weighted by atomic mass is 9.90. The van der Waals surface area contributed by atoms with Crippen molar-refractivity contribution < 1.29 is 27.0 Å². The lowest BCUT2D eigenvalue weighted by molar-refractivity contribution is -0.911. The van der Waals surface area contributed by atoms with Crippen molar-refractivity contribution in [3.05, 3.63) is 29.8 Å². The van der Waals surface area contributed by atoms with E-state index in [1.54, 1.807) is 12.1 Å². The molecule has 1 aliphatic rings. The van der Waals surface area contributed by atoms with Crippen molar-refractivity contribution in [2.75, 3.05) is 19.7 Å². The summed E-state index contributed by atoms with van der Waals surface area (Å²) in [5.74, 6) is -0.107. The Morgan fingerprint density at radius 3 is 2.40 bits per heavy atom. The predicted octanol–water partition coefficient (Wildman–Crippen LogP) is 3.40. The Hall–Kier alpha value is -1.44. The van der Waals surface area contributed by atoms with Gasteiger partial charge in [-0.1, -0.05) is 17.7 Å². The number of quaternary nitrogens is 1. The summed E-state index contributed by atoms with van der Waals surface area (Å²) in [5, 5.41) is 9.79. The molecule has 1 unspecified atom stereocenters. The molecule has 1 saturated heterocycles. The van der Waals surface area contributed by atoms with Crippen LogP contribution in [0.25, 0.3) is 0 Å². The van der Waals surface area contributed by atoms with E-state index in [0.29, 0.717) is 13.1 Å². The number of likely N-dealkylation sites (tertiary alicyclic amines) is 1. The third kappa shape index (κ3) is 4.22. The molecule has 1 heterocycles. The molecule has 0 bridgehead atoms. The number of aryl methyl sites for hydroxylation is 1. The molecule has 1 N–H and O–H groups in total. The molecule has 0 spiro atoms. The van der Waals surface area contributed by atoms with Crippen LogP contribution in [-0.4, -0.2) is 49.3 Å². The maximum Gasteiger partial charge on any atom is 0.513 e. The average Bonchev–Trinajstić information content (AvgIpc) is 2.52. The number of nitrogens with zero attached hydrogens (tertiary/aromatic N) is 1. The van der Waals surface area contributed by atoms with Gasteiger partial charge in [-0.15, -0.1) is 0 Å². The Kier molecular flexibility index (Phi) is 5.61. The van der Waals surface area contributed by atoms with Crippen LogP contribution in [0.5, 0.6) is 0 Å². The maximum absolute atomic E-state index is 12.3. The second kappa shape index (κ2) is 7.05. The summed E-state index contributed by atoms with van der Waals surface area (Å²) >= 11 is 0. The number of carbonyl (C=O) groups is 1. The minimum Gasteiger partial charge on any atom is -0.435 e. The van der Waals surface area contributed by atoms with Gasteiger partial charge in [0.25, 0.3) is 10.1 Å². The number of hydrogen-bond acceptors (Lipinski definition) is 4. The molecule has 0 radical (unpaired) electrons. The molecule has 1 aromatic carbocycles. The van der Waals surface area contributed by atoms with E-state index in [-0.39, 0.29) is 21.9 Å². The monoisotopic (exact) mass is 370 g/mol. The largest absolute Gasteiger partial charge is 0.513 e. The molecule has 1 amide bonds. The van der Waals surface area contributed by atoms with E-state index < -0.39 is 21.8 Å². The fourth-order valence-corrected chi connectivity index (χ4v) is 4.42. The zero-order chi connectivity index (χ0) is 18.9. The van der Waals surface area contributed by atoms with Crippen molar-refractivity contribution in [2.45, 2.75) is 51.0 Å². The van der Waals surface area contributed by atoms with Crippen LogP contribution in [0.1, 0.15) is 39.2 Å². The van der Waals surface area contributed by atoms with Crippen molar-refractivity contribution in [1.29, 1.82) is 0 Å². The van der Waals surface area contributed by atoms with Crippen LogP contribution in [0.2, 0.25) is 0 Å². The molecule has 2 rings (SSSR count). The molecule has 0 saturated carbocycles. The van der Waals surface area contributed by atoms with Gasteiger partial charge in [0.2, 0.25) is 0 Å². The first-order chi connectivity index (χ1) is 11.5. The lowest BCUT2D eigenvalue weighted by Crippen LogP contribution is -2.67. The van der Waals surface area contributed by atoms with E-state index in [0.717, 1.165) is 18.4 Å². The Bertz CT molecular complexity index is 721. The second-order valence-corrected chi connectivity index (χ2v) is 9.50. The van der Waals surface area contributed by atoms with Gasteiger partial charge in [0.1, 0.15) is 5.54 Å². The molecule has 6 nitrogen and oxygen atoms in total. The normalized spacial score (nSPS) is 24.9. The molecule has 2 atom stereocenters. The molecule has 0 aliphatic carbocycles. The molecular formula is C18H28NO5S+. The third-order valence-corrected chi connectivity index (χ3v) is 6.44. The molecule has 25 heavy (non-hydrogen) atoms. The Morgan fingerprint density at radius 2 is 1.88 bits per heavy atom. The number of hydrogen-bond donors (Lipinski definition) is 1. The van der Waals surface area contributed by atoms with Crippen LogP contribution in [0.15, 0.2) is 29.2 Å². The fourth-order valence-electron chi connectivity index (χ4n) is 3.44. The van der Waals surface area contributed by atoms with E-state index in [9.17, 15) is 18.3 Å². The number of carboxylic acid groups (broad SMARTS) is 1. The highest BCUT2D eigenvalue weighted by atomic mass is 32.2. The smallest absolute Gasteiger partial charge is 0.435 e. The summed E-state index contributed by atoms with van der Waals surface area (Å²) in [7, 11) is -3.82. The third-order valence-electron chi connectivity index (χ3n) is 5.14. The highest BCUT2D eigenvalue weighted by Gasteiger charge is 2.50. The fraction of sp³-hybridized carbons (Fsp3) is 0.611. The van der Waals surface area contributed by atoms with Gasteiger partial charge in [-0.2, -0.15) is 13.2 Å². The summed E-state index contributed by atoms with van der Waals surface area (Å²) in [6.45, 7) is 8.56. The number of piperidine rings is 1. The molecule has 7 heteroatoms. The average molecular weight is 370 g/mol. The van der Waals surface area contributed by atoms with Crippen molar-refractivity contribution in [1.82, 2.24) is 0 Å². The van der Waals surface area contributed by atoms with Gasteiger partial charge in [-0.25, -0.2) is 4.48 Å². The van der Waals surface area contributed by atoms with E-state index in [4.69, 9.17) is 4.18 Å². The molecule has 140 valence electrons. The molecular weight excluding hydrogens is 342 g/mol.